The molecule has 1 amide bonds. The van der Waals surface area contributed by atoms with Crippen molar-refractivity contribution in [2.45, 2.75) is 19.8 Å². The molecule has 0 aliphatic carbocycles. The Balaban J connectivity index is 1.53. The lowest BCUT2D eigenvalue weighted by molar-refractivity contribution is -0.133. The third-order valence-corrected chi connectivity index (χ3v) is 5.62. The third-order valence-electron chi connectivity index (χ3n) is 4.53. The van der Waals surface area contributed by atoms with Crippen molar-refractivity contribution in [3.8, 4) is 5.69 Å². The van der Waals surface area contributed by atoms with Crippen molar-refractivity contribution >= 4 is 33.4 Å². The molecule has 1 aromatic carbocycles. The second-order valence-corrected chi connectivity index (χ2v) is 7.36. The van der Waals surface area contributed by atoms with E-state index in [1.807, 2.05) is 41.9 Å². The molecule has 3 heterocycles. The minimum absolute atomic E-state index is 0.122. The number of aromatic nitrogens is 2. The van der Waals surface area contributed by atoms with Crippen molar-refractivity contribution < 1.29 is 14.3 Å². The van der Waals surface area contributed by atoms with Gasteiger partial charge in [-0.2, -0.15) is 5.10 Å². The predicted molar refractivity (Wildman–Crippen MR) is 99.8 cm³/mol. The first kappa shape index (κ1) is 16.8. The Hall–Kier alpha value is -2.67. The first-order valence-electron chi connectivity index (χ1n) is 8.63. The lowest BCUT2D eigenvalue weighted by Gasteiger charge is -2.14. The Bertz CT molecular complexity index is 955. The van der Waals surface area contributed by atoms with Crippen LogP contribution in [-0.4, -0.2) is 46.3 Å². The number of thiophene rings is 1. The molecule has 7 heteroatoms. The summed E-state index contributed by atoms with van der Waals surface area (Å²) in [6.07, 6.45) is 2.04. The van der Waals surface area contributed by atoms with Gasteiger partial charge in [-0.25, -0.2) is 9.48 Å². The van der Waals surface area contributed by atoms with Crippen LogP contribution in [0.4, 0.5) is 0 Å². The fourth-order valence-electron chi connectivity index (χ4n) is 3.15. The molecular formula is C19H19N3O3S. The Morgan fingerprint density at radius 1 is 1.19 bits per heavy atom. The molecule has 1 saturated heterocycles. The summed E-state index contributed by atoms with van der Waals surface area (Å²) in [7, 11) is 0. The SMILES string of the molecule is Cc1nn(-c2ccccc2)c2sc(C(=O)OCC(=O)N3CCCC3)cc12. The lowest BCUT2D eigenvalue weighted by Crippen LogP contribution is -2.31. The molecular weight excluding hydrogens is 350 g/mol. The Kier molecular flexibility index (Phi) is 4.46. The van der Waals surface area contributed by atoms with E-state index in [-0.39, 0.29) is 12.5 Å². The molecule has 2 aromatic heterocycles. The van der Waals surface area contributed by atoms with Gasteiger partial charge in [0.1, 0.15) is 9.71 Å². The van der Waals surface area contributed by atoms with Gasteiger partial charge in [-0.3, -0.25) is 4.79 Å². The van der Waals surface area contributed by atoms with Crippen LogP contribution >= 0.6 is 11.3 Å². The summed E-state index contributed by atoms with van der Waals surface area (Å²) in [5.41, 5.74) is 1.80. The number of likely N-dealkylation sites (tertiary alicyclic amines) is 1. The largest absolute Gasteiger partial charge is 0.451 e. The summed E-state index contributed by atoms with van der Waals surface area (Å²) in [5.74, 6) is -0.582. The fraction of sp³-hybridized carbons (Fsp3) is 0.316. The Morgan fingerprint density at radius 2 is 1.92 bits per heavy atom. The molecule has 134 valence electrons. The van der Waals surface area contributed by atoms with E-state index >= 15 is 0 Å². The van der Waals surface area contributed by atoms with E-state index in [0.29, 0.717) is 4.88 Å². The molecule has 26 heavy (non-hydrogen) atoms. The predicted octanol–water partition coefficient (Wildman–Crippen LogP) is 3.17. The van der Waals surface area contributed by atoms with Crippen LogP contribution in [0.15, 0.2) is 36.4 Å². The van der Waals surface area contributed by atoms with Crippen LogP contribution in [0.1, 0.15) is 28.2 Å². The molecule has 1 aliphatic heterocycles. The zero-order valence-electron chi connectivity index (χ0n) is 14.5. The summed E-state index contributed by atoms with van der Waals surface area (Å²) in [6, 6.07) is 11.6. The van der Waals surface area contributed by atoms with Crippen LogP contribution in [0.25, 0.3) is 15.9 Å². The third kappa shape index (κ3) is 3.10. The first-order chi connectivity index (χ1) is 12.6. The van der Waals surface area contributed by atoms with Gasteiger partial charge >= 0.3 is 5.97 Å². The smallest absolute Gasteiger partial charge is 0.348 e. The van der Waals surface area contributed by atoms with Gasteiger partial charge in [0.05, 0.1) is 11.4 Å². The van der Waals surface area contributed by atoms with Crippen molar-refractivity contribution in [2.24, 2.45) is 0 Å². The Morgan fingerprint density at radius 3 is 2.65 bits per heavy atom. The number of benzene rings is 1. The van der Waals surface area contributed by atoms with Gasteiger partial charge in [-0.15, -0.1) is 11.3 Å². The van der Waals surface area contributed by atoms with E-state index < -0.39 is 5.97 Å². The summed E-state index contributed by atoms with van der Waals surface area (Å²) >= 11 is 1.33. The average molecular weight is 369 g/mol. The molecule has 6 nitrogen and oxygen atoms in total. The quantitative estimate of drug-likeness (QED) is 0.663. The topological polar surface area (TPSA) is 64.4 Å². The first-order valence-corrected chi connectivity index (χ1v) is 9.44. The highest BCUT2D eigenvalue weighted by molar-refractivity contribution is 7.20. The van der Waals surface area contributed by atoms with E-state index in [1.165, 1.54) is 11.3 Å². The van der Waals surface area contributed by atoms with Crippen molar-refractivity contribution in [3.63, 3.8) is 0 Å². The van der Waals surface area contributed by atoms with Gasteiger partial charge in [-0.05, 0) is 38.0 Å². The van der Waals surface area contributed by atoms with Gasteiger partial charge in [0.25, 0.3) is 5.91 Å². The van der Waals surface area contributed by atoms with E-state index in [4.69, 9.17) is 4.74 Å². The van der Waals surface area contributed by atoms with Crippen LogP contribution < -0.4 is 0 Å². The summed E-state index contributed by atoms with van der Waals surface area (Å²) in [5, 5.41) is 5.49. The van der Waals surface area contributed by atoms with Crippen LogP contribution in [0, 0.1) is 6.92 Å². The monoisotopic (exact) mass is 369 g/mol. The van der Waals surface area contributed by atoms with Crippen molar-refractivity contribution in [1.82, 2.24) is 14.7 Å². The van der Waals surface area contributed by atoms with Crippen LogP contribution in [0.3, 0.4) is 0 Å². The minimum Gasteiger partial charge on any atom is -0.451 e. The second-order valence-electron chi connectivity index (χ2n) is 6.33. The highest BCUT2D eigenvalue weighted by Gasteiger charge is 2.22. The number of rotatable bonds is 4. The molecule has 0 bridgehead atoms. The molecule has 1 aliphatic rings. The van der Waals surface area contributed by atoms with Gasteiger partial charge < -0.3 is 9.64 Å². The van der Waals surface area contributed by atoms with E-state index in [0.717, 1.165) is 47.5 Å². The summed E-state index contributed by atoms with van der Waals surface area (Å²) < 4.78 is 7.07. The maximum atomic E-state index is 12.4. The van der Waals surface area contributed by atoms with Crippen molar-refractivity contribution in [1.29, 1.82) is 0 Å². The Labute approximate surface area is 155 Å². The van der Waals surface area contributed by atoms with Crippen LogP contribution in [0.2, 0.25) is 0 Å². The van der Waals surface area contributed by atoms with E-state index in [9.17, 15) is 9.59 Å². The normalized spacial score (nSPS) is 14.1. The number of fused-ring (bicyclic) bond motifs is 1. The number of carbonyl (C=O) groups is 2. The molecule has 1 fully saturated rings. The van der Waals surface area contributed by atoms with Gasteiger partial charge in [0.2, 0.25) is 0 Å². The maximum Gasteiger partial charge on any atom is 0.348 e. The minimum atomic E-state index is -0.460. The second kappa shape index (κ2) is 6.92. The molecule has 0 radical (unpaired) electrons. The molecule has 0 unspecified atom stereocenters. The highest BCUT2D eigenvalue weighted by Crippen LogP contribution is 2.30. The number of hydrogen-bond donors (Lipinski definition) is 0. The number of esters is 1. The summed E-state index contributed by atoms with van der Waals surface area (Å²) in [6.45, 7) is 3.23. The zero-order valence-corrected chi connectivity index (χ0v) is 15.3. The molecule has 0 N–H and O–H groups in total. The van der Waals surface area contributed by atoms with Crippen molar-refractivity contribution in [3.05, 3.63) is 47.0 Å². The fourth-order valence-corrected chi connectivity index (χ4v) is 4.22. The number of amides is 1. The van der Waals surface area contributed by atoms with Gasteiger partial charge in [-0.1, -0.05) is 18.2 Å². The standard InChI is InChI=1S/C19H19N3O3S/c1-13-15-11-16(19(24)25-12-17(23)21-9-5-6-10-21)26-18(15)22(20-13)14-7-3-2-4-8-14/h2-4,7-8,11H,5-6,9-10,12H2,1H3. The summed E-state index contributed by atoms with van der Waals surface area (Å²) in [4.78, 5) is 27.5. The highest BCUT2D eigenvalue weighted by atomic mass is 32.1. The number of para-hydroxylation sites is 1. The van der Waals surface area contributed by atoms with E-state index in [1.54, 1.807) is 11.0 Å². The van der Waals surface area contributed by atoms with Crippen LogP contribution in [-0.2, 0) is 9.53 Å². The average Bonchev–Trinajstić information content (AvgIpc) is 3.38. The van der Waals surface area contributed by atoms with Crippen molar-refractivity contribution in [2.75, 3.05) is 19.7 Å². The number of ether oxygens (including phenoxy) is 1. The van der Waals surface area contributed by atoms with Gasteiger partial charge in [0, 0.05) is 18.5 Å². The molecule has 4 rings (SSSR count). The number of nitrogens with zero attached hydrogens (tertiary/aromatic N) is 3. The van der Waals surface area contributed by atoms with Crippen LogP contribution in [0.5, 0.6) is 0 Å². The van der Waals surface area contributed by atoms with E-state index in [2.05, 4.69) is 5.10 Å². The zero-order chi connectivity index (χ0) is 18.1. The van der Waals surface area contributed by atoms with Gasteiger partial charge in [0.15, 0.2) is 6.61 Å². The molecule has 3 aromatic rings. The molecule has 0 saturated carbocycles. The number of hydrogen-bond acceptors (Lipinski definition) is 5. The molecule has 0 spiro atoms. The molecule has 0 atom stereocenters. The number of carbonyl (C=O) groups excluding carboxylic acids is 2. The lowest BCUT2D eigenvalue weighted by atomic mass is 10.3. The number of aryl methyl sites for hydroxylation is 1. The maximum absolute atomic E-state index is 12.4.